The van der Waals surface area contributed by atoms with Crippen LogP contribution in [0.4, 0.5) is 0 Å². The van der Waals surface area contributed by atoms with Crippen molar-refractivity contribution in [3.63, 3.8) is 0 Å². The van der Waals surface area contributed by atoms with Gasteiger partial charge in [-0.1, -0.05) is 13.8 Å². The Morgan fingerprint density at radius 1 is 1.40 bits per heavy atom. The van der Waals surface area contributed by atoms with Crippen LogP contribution in [0, 0.1) is 5.92 Å². The predicted molar refractivity (Wildman–Crippen MR) is 83.7 cm³/mol. The van der Waals surface area contributed by atoms with Crippen LogP contribution >= 0.6 is 15.9 Å². The van der Waals surface area contributed by atoms with Gasteiger partial charge in [-0.3, -0.25) is 4.79 Å². The van der Waals surface area contributed by atoms with Crippen molar-refractivity contribution in [3.8, 4) is 5.75 Å². The van der Waals surface area contributed by atoms with Crippen molar-refractivity contribution in [2.24, 2.45) is 5.92 Å². The molecule has 112 valence electrons. The number of hydrogen-bond acceptors (Lipinski definition) is 2. The van der Waals surface area contributed by atoms with Gasteiger partial charge in [0.1, 0.15) is 11.8 Å². The van der Waals surface area contributed by atoms with E-state index in [1.165, 1.54) is 0 Å². The molecule has 1 amide bonds. The molecule has 0 fully saturated rings. The molecule has 1 aromatic carbocycles. The number of ether oxygens (including phenoxy) is 1. The average molecular weight is 344 g/mol. The van der Waals surface area contributed by atoms with Crippen LogP contribution in [-0.2, 0) is 4.79 Å². The molecule has 3 N–H and O–H groups in total. The zero-order valence-corrected chi connectivity index (χ0v) is 14.2. The number of carbonyl (C=O) groups is 1. The first-order valence-electron chi connectivity index (χ1n) is 6.87. The van der Waals surface area contributed by atoms with Crippen molar-refractivity contribution < 1.29 is 14.8 Å². The van der Waals surface area contributed by atoms with Gasteiger partial charge in [-0.25, -0.2) is 0 Å². The Morgan fingerprint density at radius 2 is 2.10 bits per heavy atom. The van der Waals surface area contributed by atoms with Crippen molar-refractivity contribution in [1.82, 2.24) is 5.32 Å². The molecule has 0 saturated heterocycles. The summed E-state index contributed by atoms with van der Waals surface area (Å²) in [5.74, 6) is 1.38. The number of carbonyl (C=O) groups excluding carboxylic acids is 1. The summed E-state index contributed by atoms with van der Waals surface area (Å²) in [7, 11) is 1.65. The average Bonchev–Trinajstić information content (AvgIpc) is 2.42. The van der Waals surface area contributed by atoms with Crippen LogP contribution in [0.5, 0.6) is 5.75 Å². The number of benzene rings is 1. The van der Waals surface area contributed by atoms with Crippen LogP contribution in [0.2, 0.25) is 0 Å². The summed E-state index contributed by atoms with van der Waals surface area (Å²) < 4.78 is 6.14. The number of methoxy groups -OCH3 is 1. The van der Waals surface area contributed by atoms with E-state index in [1.807, 2.05) is 23.5 Å². The van der Waals surface area contributed by atoms with Gasteiger partial charge in [0.15, 0.2) is 6.54 Å². The highest BCUT2D eigenvalue weighted by molar-refractivity contribution is 9.10. The van der Waals surface area contributed by atoms with Gasteiger partial charge in [-0.15, -0.1) is 0 Å². The molecular formula is C15H24BrN2O2+. The minimum absolute atomic E-state index is 0.0816. The number of nitrogens with one attached hydrogen (secondary N) is 1. The first-order chi connectivity index (χ1) is 9.43. The third kappa shape index (κ3) is 5.51. The zero-order valence-electron chi connectivity index (χ0n) is 12.6. The Bertz CT molecular complexity index is 449. The first-order valence-corrected chi connectivity index (χ1v) is 7.66. The molecule has 0 saturated carbocycles. The van der Waals surface area contributed by atoms with Crippen molar-refractivity contribution in [2.75, 3.05) is 20.2 Å². The summed E-state index contributed by atoms with van der Waals surface area (Å²) in [5.41, 5.74) is 1.16. The van der Waals surface area contributed by atoms with Crippen molar-refractivity contribution in [1.29, 1.82) is 0 Å². The molecule has 5 heteroatoms. The number of hydrogen-bond donors (Lipinski definition) is 2. The summed E-state index contributed by atoms with van der Waals surface area (Å²) >= 11 is 3.48. The monoisotopic (exact) mass is 343 g/mol. The summed E-state index contributed by atoms with van der Waals surface area (Å²) in [5, 5.41) is 4.95. The van der Waals surface area contributed by atoms with E-state index in [4.69, 9.17) is 4.74 Å². The number of nitrogens with two attached hydrogens (primary N) is 1. The molecule has 0 aliphatic heterocycles. The van der Waals surface area contributed by atoms with Gasteiger partial charge < -0.3 is 15.4 Å². The van der Waals surface area contributed by atoms with E-state index in [9.17, 15) is 4.79 Å². The Hall–Kier alpha value is -1.07. The SMILES string of the molecule is COc1ccc([C@H](C)[NH2+]CC(=O)NCC(C)C)cc1Br. The van der Waals surface area contributed by atoms with Gasteiger partial charge in [0.2, 0.25) is 0 Å². The molecule has 0 aliphatic rings. The molecule has 0 bridgehead atoms. The van der Waals surface area contributed by atoms with Gasteiger partial charge in [0.05, 0.1) is 11.6 Å². The van der Waals surface area contributed by atoms with Crippen LogP contribution in [0.15, 0.2) is 22.7 Å². The highest BCUT2D eigenvalue weighted by Gasteiger charge is 2.13. The van der Waals surface area contributed by atoms with Gasteiger partial charge >= 0.3 is 0 Å². The van der Waals surface area contributed by atoms with E-state index >= 15 is 0 Å². The zero-order chi connectivity index (χ0) is 15.1. The molecule has 0 radical (unpaired) electrons. The summed E-state index contributed by atoms with van der Waals surface area (Å²) in [6.45, 7) is 7.43. The van der Waals surface area contributed by atoms with Crippen LogP contribution < -0.4 is 15.4 Å². The number of amides is 1. The molecule has 0 aliphatic carbocycles. The van der Waals surface area contributed by atoms with Crippen LogP contribution in [0.1, 0.15) is 32.4 Å². The minimum atomic E-state index is 0.0816. The third-order valence-electron chi connectivity index (χ3n) is 3.07. The molecule has 0 aromatic heterocycles. The van der Waals surface area contributed by atoms with Crippen molar-refractivity contribution >= 4 is 21.8 Å². The number of halogens is 1. The van der Waals surface area contributed by atoms with Crippen molar-refractivity contribution in [2.45, 2.75) is 26.8 Å². The van der Waals surface area contributed by atoms with Gasteiger partial charge in [-0.2, -0.15) is 0 Å². The van der Waals surface area contributed by atoms with Gasteiger partial charge in [0.25, 0.3) is 5.91 Å². The fourth-order valence-corrected chi connectivity index (χ4v) is 2.33. The lowest BCUT2D eigenvalue weighted by molar-refractivity contribution is -0.682. The topological polar surface area (TPSA) is 54.9 Å². The summed E-state index contributed by atoms with van der Waals surface area (Å²) in [6, 6.07) is 6.22. The Kier molecular flexibility index (Phi) is 7.02. The molecule has 4 nitrogen and oxygen atoms in total. The van der Waals surface area contributed by atoms with Crippen LogP contribution in [0.25, 0.3) is 0 Å². The third-order valence-corrected chi connectivity index (χ3v) is 3.69. The maximum Gasteiger partial charge on any atom is 0.275 e. The Morgan fingerprint density at radius 3 is 2.65 bits per heavy atom. The second-order valence-corrected chi connectivity index (χ2v) is 6.17. The van der Waals surface area contributed by atoms with Gasteiger partial charge in [-0.05, 0) is 47.0 Å². The Labute approximate surface area is 129 Å². The number of quaternary nitrogens is 1. The largest absolute Gasteiger partial charge is 0.496 e. The van der Waals surface area contributed by atoms with E-state index in [0.717, 1.165) is 22.3 Å². The van der Waals surface area contributed by atoms with Crippen molar-refractivity contribution in [3.05, 3.63) is 28.2 Å². The highest BCUT2D eigenvalue weighted by atomic mass is 79.9. The molecule has 1 aromatic rings. The van der Waals surface area contributed by atoms with E-state index in [0.29, 0.717) is 12.5 Å². The molecule has 1 atom stereocenters. The Balaban J connectivity index is 2.48. The molecule has 1 rings (SSSR count). The first kappa shape index (κ1) is 17.0. The van der Waals surface area contributed by atoms with E-state index in [2.05, 4.69) is 42.0 Å². The minimum Gasteiger partial charge on any atom is -0.496 e. The smallest absolute Gasteiger partial charge is 0.275 e. The highest BCUT2D eigenvalue weighted by Crippen LogP contribution is 2.26. The molecule has 0 spiro atoms. The fourth-order valence-electron chi connectivity index (χ4n) is 1.78. The number of rotatable bonds is 7. The van der Waals surface area contributed by atoms with E-state index < -0.39 is 0 Å². The lowest BCUT2D eigenvalue weighted by Crippen LogP contribution is -2.87. The van der Waals surface area contributed by atoms with Gasteiger partial charge in [0, 0.05) is 12.1 Å². The molecular weight excluding hydrogens is 320 g/mol. The fraction of sp³-hybridized carbons (Fsp3) is 0.533. The van der Waals surface area contributed by atoms with E-state index in [-0.39, 0.29) is 11.9 Å². The lowest BCUT2D eigenvalue weighted by atomic mass is 10.1. The normalized spacial score (nSPS) is 12.3. The second-order valence-electron chi connectivity index (χ2n) is 5.32. The second kappa shape index (κ2) is 8.27. The molecule has 20 heavy (non-hydrogen) atoms. The maximum absolute atomic E-state index is 11.7. The summed E-state index contributed by atoms with van der Waals surface area (Å²) in [6.07, 6.45) is 0. The summed E-state index contributed by atoms with van der Waals surface area (Å²) in [4.78, 5) is 11.7. The maximum atomic E-state index is 11.7. The van der Waals surface area contributed by atoms with Crippen LogP contribution in [-0.4, -0.2) is 26.1 Å². The lowest BCUT2D eigenvalue weighted by Gasteiger charge is -2.13. The predicted octanol–water partition coefficient (Wildman–Crippen LogP) is 1.85. The van der Waals surface area contributed by atoms with E-state index in [1.54, 1.807) is 7.11 Å². The standard InChI is InChI=1S/C15H23BrN2O2/c1-10(2)8-18-15(19)9-17-11(3)12-5-6-14(20-4)13(16)7-12/h5-7,10-11,17H,8-9H2,1-4H3,(H,18,19)/p+1/t11-/m0/s1. The molecule has 0 unspecified atom stereocenters. The van der Waals surface area contributed by atoms with Crippen LogP contribution in [0.3, 0.4) is 0 Å². The quantitative estimate of drug-likeness (QED) is 0.793. The molecule has 0 heterocycles.